The highest BCUT2D eigenvalue weighted by atomic mass is 32.2. The highest BCUT2D eigenvalue weighted by Gasteiger charge is 2.28. The van der Waals surface area contributed by atoms with Crippen LogP contribution < -0.4 is 4.74 Å². The number of aryl methyl sites for hydroxylation is 1. The van der Waals surface area contributed by atoms with Crippen molar-refractivity contribution in [1.29, 1.82) is 0 Å². The van der Waals surface area contributed by atoms with Crippen LogP contribution in [0.25, 0.3) is 0 Å². The van der Waals surface area contributed by atoms with E-state index < -0.39 is 10.0 Å². The fourth-order valence-electron chi connectivity index (χ4n) is 3.04. The Kier molecular flexibility index (Phi) is 6.28. The zero-order valence-electron chi connectivity index (χ0n) is 15.3. The molecule has 1 aromatic carbocycles. The third kappa shape index (κ3) is 5.76. The van der Waals surface area contributed by atoms with Crippen molar-refractivity contribution in [3.8, 4) is 5.75 Å². The zero-order chi connectivity index (χ0) is 17.8. The fraction of sp³-hybridized carbons (Fsp3) is 0.667. The molecule has 0 saturated carbocycles. The van der Waals surface area contributed by atoms with Gasteiger partial charge in [-0.2, -0.15) is 4.31 Å². The fourth-order valence-corrected chi connectivity index (χ4v) is 4.51. The monoisotopic (exact) mass is 354 g/mol. The molecule has 1 heterocycles. The molecule has 1 fully saturated rings. The molecule has 1 aromatic rings. The van der Waals surface area contributed by atoms with E-state index in [1.165, 1.54) is 0 Å². The molecule has 0 amide bonds. The number of rotatable bonds is 6. The summed E-state index contributed by atoms with van der Waals surface area (Å²) in [5.74, 6) is 0.917. The van der Waals surface area contributed by atoms with Crippen LogP contribution in [-0.4, -0.2) is 63.2 Å². The Hall–Kier alpha value is -1.11. The molecule has 0 aliphatic carbocycles. The molecule has 1 aliphatic rings. The van der Waals surface area contributed by atoms with E-state index in [-0.39, 0.29) is 11.2 Å². The number of hydrogen-bond acceptors (Lipinski definition) is 4. The Morgan fingerprint density at radius 3 is 2.38 bits per heavy atom. The summed E-state index contributed by atoms with van der Waals surface area (Å²) in [5.41, 5.74) is 1.23. The van der Waals surface area contributed by atoms with Crippen molar-refractivity contribution in [2.24, 2.45) is 5.41 Å². The normalized spacial score (nSPS) is 17.8. The summed E-state index contributed by atoms with van der Waals surface area (Å²) in [7, 11) is -1.58. The lowest BCUT2D eigenvalue weighted by atomic mass is 9.96. The van der Waals surface area contributed by atoms with Crippen LogP contribution in [0, 0.1) is 5.41 Å². The van der Waals surface area contributed by atoms with E-state index in [0.717, 1.165) is 30.9 Å². The van der Waals surface area contributed by atoms with Gasteiger partial charge in [0.1, 0.15) is 5.75 Å². The maximum Gasteiger partial charge on any atom is 0.214 e. The van der Waals surface area contributed by atoms with Crippen LogP contribution in [0.4, 0.5) is 0 Å². The number of piperazine rings is 1. The summed E-state index contributed by atoms with van der Waals surface area (Å²) >= 11 is 0. The van der Waals surface area contributed by atoms with Crippen molar-refractivity contribution in [1.82, 2.24) is 9.21 Å². The lowest BCUT2D eigenvalue weighted by Gasteiger charge is -2.37. The average molecular weight is 355 g/mol. The molecule has 0 unspecified atom stereocenters. The Balaban J connectivity index is 1.87. The van der Waals surface area contributed by atoms with E-state index in [0.29, 0.717) is 19.5 Å². The topological polar surface area (TPSA) is 49.9 Å². The van der Waals surface area contributed by atoms with Crippen molar-refractivity contribution in [2.75, 3.05) is 45.6 Å². The molecule has 0 atom stereocenters. The summed E-state index contributed by atoms with van der Waals surface area (Å²) in [5, 5.41) is 0. The Morgan fingerprint density at radius 1 is 1.12 bits per heavy atom. The van der Waals surface area contributed by atoms with Gasteiger partial charge in [0.25, 0.3) is 0 Å². The van der Waals surface area contributed by atoms with Crippen LogP contribution in [0.1, 0.15) is 26.3 Å². The van der Waals surface area contributed by atoms with Crippen molar-refractivity contribution in [2.45, 2.75) is 27.2 Å². The second kappa shape index (κ2) is 7.85. The summed E-state index contributed by atoms with van der Waals surface area (Å²) in [6.45, 7) is 10.5. The molecular formula is C18H30N2O3S. The number of benzene rings is 1. The van der Waals surface area contributed by atoms with E-state index in [4.69, 9.17) is 4.74 Å². The molecule has 5 nitrogen and oxygen atoms in total. The largest absolute Gasteiger partial charge is 0.497 e. The first-order valence-electron chi connectivity index (χ1n) is 8.53. The van der Waals surface area contributed by atoms with Crippen LogP contribution >= 0.6 is 0 Å². The predicted octanol–water partition coefficient (Wildman–Crippen LogP) is 2.23. The van der Waals surface area contributed by atoms with Crippen LogP contribution in [0.2, 0.25) is 0 Å². The van der Waals surface area contributed by atoms with Gasteiger partial charge in [0.2, 0.25) is 10.0 Å². The zero-order valence-corrected chi connectivity index (χ0v) is 16.1. The van der Waals surface area contributed by atoms with E-state index in [9.17, 15) is 8.42 Å². The third-order valence-corrected chi connectivity index (χ3v) is 6.08. The van der Waals surface area contributed by atoms with Gasteiger partial charge in [-0.3, -0.25) is 0 Å². The number of ether oxygens (including phenoxy) is 1. The minimum absolute atomic E-state index is 0.152. The van der Waals surface area contributed by atoms with Crippen LogP contribution in [0.3, 0.4) is 0 Å². The molecule has 0 aromatic heterocycles. The molecule has 0 bridgehead atoms. The summed E-state index contributed by atoms with van der Waals surface area (Å²) in [6.07, 6.45) is 0.516. The van der Waals surface area contributed by atoms with Gasteiger partial charge in [0.05, 0.1) is 12.9 Å². The van der Waals surface area contributed by atoms with Gasteiger partial charge in [-0.1, -0.05) is 32.9 Å². The number of nitrogens with zero attached hydrogens (tertiary/aromatic N) is 2. The highest BCUT2D eigenvalue weighted by molar-refractivity contribution is 7.89. The summed E-state index contributed by atoms with van der Waals surface area (Å²) in [6, 6.07) is 7.61. The molecule has 24 heavy (non-hydrogen) atoms. The van der Waals surface area contributed by atoms with E-state index in [1.54, 1.807) is 11.4 Å². The average Bonchev–Trinajstić information content (AvgIpc) is 2.52. The Bertz CT molecular complexity index is 630. The van der Waals surface area contributed by atoms with Crippen molar-refractivity contribution in [3.63, 3.8) is 0 Å². The Labute approximate surface area is 146 Å². The second-order valence-electron chi connectivity index (χ2n) is 7.65. The molecule has 1 saturated heterocycles. The van der Waals surface area contributed by atoms with E-state index in [2.05, 4.69) is 25.7 Å². The lowest BCUT2D eigenvalue weighted by molar-refractivity contribution is 0.141. The van der Waals surface area contributed by atoms with Gasteiger partial charge in [0, 0.05) is 32.7 Å². The first-order chi connectivity index (χ1) is 11.2. The first kappa shape index (κ1) is 19.2. The lowest BCUT2D eigenvalue weighted by Crippen LogP contribution is -2.51. The van der Waals surface area contributed by atoms with E-state index >= 15 is 0 Å². The summed E-state index contributed by atoms with van der Waals surface area (Å²) < 4.78 is 32.0. The molecule has 136 valence electrons. The molecule has 0 radical (unpaired) electrons. The predicted molar refractivity (Wildman–Crippen MR) is 98.0 cm³/mol. The van der Waals surface area contributed by atoms with Gasteiger partial charge >= 0.3 is 0 Å². The maximum absolute atomic E-state index is 12.6. The van der Waals surface area contributed by atoms with Crippen LogP contribution in [0.15, 0.2) is 24.3 Å². The van der Waals surface area contributed by atoms with Crippen molar-refractivity contribution < 1.29 is 13.2 Å². The minimum atomic E-state index is -3.20. The SMILES string of the molecule is COc1cccc(CCS(=O)(=O)N2CCN(CC(C)(C)C)CC2)c1. The number of hydrogen-bond donors (Lipinski definition) is 0. The Morgan fingerprint density at radius 2 is 1.79 bits per heavy atom. The minimum Gasteiger partial charge on any atom is -0.497 e. The second-order valence-corrected chi connectivity index (χ2v) is 9.74. The number of methoxy groups -OCH3 is 1. The van der Waals surface area contributed by atoms with Crippen molar-refractivity contribution >= 4 is 10.0 Å². The molecule has 6 heteroatoms. The van der Waals surface area contributed by atoms with Gasteiger partial charge in [0.15, 0.2) is 0 Å². The van der Waals surface area contributed by atoms with Crippen LogP contribution in [-0.2, 0) is 16.4 Å². The first-order valence-corrected chi connectivity index (χ1v) is 10.1. The molecular weight excluding hydrogens is 324 g/mol. The highest BCUT2D eigenvalue weighted by Crippen LogP contribution is 2.18. The van der Waals surface area contributed by atoms with Crippen LogP contribution in [0.5, 0.6) is 5.75 Å². The quantitative estimate of drug-likeness (QED) is 0.786. The standard InChI is InChI=1S/C18H30N2O3S/c1-18(2,3)15-19-9-11-20(12-10-19)24(21,22)13-8-16-6-5-7-17(14-16)23-4/h5-7,14H,8-13,15H2,1-4H3. The molecule has 2 rings (SSSR count). The smallest absolute Gasteiger partial charge is 0.214 e. The van der Waals surface area contributed by atoms with E-state index in [1.807, 2.05) is 24.3 Å². The van der Waals surface area contributed by atoms with Gasteiger partial charge in [-0.25, -0.2) is 8.42 Å². The van der Waals surface area contributed by atoms with Gasteiger partial charge in [-0.05, 0) is 29.5 Å². The maximum atomic E-state index is 12.6. The summed E-state index contributed by atoms with van der Waals surface area (Å²) in [4.78, 5) is 2.36. The molecule has 0 N–H and O–H groups in total. The van der Waals surface area contributed by atoms with Gasteiger partial charge in [-0.15, -0.1) is 0 Å². The number of sulfonamides is 1. The van der Waals surface area contributed by atoms with Crippen molar-refractivity contribution in [3.05, 3.63) is 29.8 Å². The van der Waals surface area contributed by atoms with Gasteiger partial charge < -0.3 is 9.64 Å². The third-order valence-electron chi connectivity index (χ3n) is 4.21. The molecule has 1 aliphatic heterocycles. The molecule has 0 spiro atoms.